The lowest BCUT2D eigenvalue weighted by molar-refractivity contribution is -0.153. The standard InChI is InChI=1S/C22H27N5O4/c1-11-8-12(2)10-16(9-11)25-13(3)14(4)26-17-18(23-21(25)26)24(6)22(30)27(19(17)28)15(5)20(29)31-7/h8-10,15,17-18H,1-7H3. The molecule has 1 aromatic carbocycles. The van der Waals surface area contributed by atoms with Crippen LogP contribution in [0.3, 0.4) is 0 Å². The van der Waals surface area contributed by atoms with E-state index in [1.807, 2.05) is 37.5 Å². The third-order valence-electron chi connectivity index (χ3n) is 6.23. The summed E-state index contributed by atoms with van der Waals surface area (Å²) in [5.74, 6) is -0.496. The third-order valence-corrected chi connectivity index (χ3v) is 6.23. The molecule has 1 fully saturated rings. The van der Waals surface area contributed by atoms with Gasteiger partial charge in [0.15, 0.2) is 12.2 Å². The number of amides is 3. The highest BCUT2D eigenvalue weighted by Gasteiger charge is 2.57. The first-order valence-corrected chi connectivity index (χ1v) is 10.2. The number of likely N-dealkylation sites (N-methyl/N-ethyl adjacent to an activating group) is 1. The summed E-state index contributed by atoms with van der Waals surface area (Å²) >= 11 is 0. The number of nitrogens with zero attached hydrogens (tertiary/aromatic N) is 5. The monoisotopic (exact) mass is 425 g/mol. The quantitative estimate of drug-likeness (QED) is 0.690. The molecule has 3 atom stereocenters. The summed E-state index contributed by atoms with van der Waals surface area (Å²) in [5.41, 5.74) is 5.04. The lowest BCUT2D eigenvalue weighted by atomic mass is 10.1. The number of urea groups is 1. The van der Waals surface area contributed by atoms with Crippen LogP contribution in [0.25, 0.3) is 0 Å². The molecule has 0 aliphatic carbocycles. The van der Waals surface area contributed by atoms with Gasteiger partial charge in [0.25, 0.3) is 5.91 Å². The second-order valence-electron chi connectivity index (χ2n) is 8.31. The summed E-state index contributed by atoms with van der Waals surface area (Å²) in [6, 6.07) is 3.91. The molecule has 1 aromatic rings. The number of rotatable bonds is 3. The number of guanidine groups is 1. The molecule has 9 nitrogen and oxygen atoms in total. The van der Waals surface area contributed by atoms with Crippen molar-refractivity contribution < 1.29 is 19.1 Å². The van der Waals surface area contributed by atoms with Gasteiger partial charge >= 0.3 is 12.0 Å². The minimum absolute atomic E-state index is 0.459. The number of hydrogen-bond donors (Lipinski definition) is 0. The molecule has 3 heterocycles. The highest BCUT2D eigenvalue weighted by Crippen LogP contribution is 2.40. The molecule has 0 spiro atoms. The maximum Gasteiger partial charge on any atom is 0.329 e. The van der Waals surface area contributed by atoms with Gasteiger partial charge in [-0.1, -0.05) is 6.07 Å². The van der Waals surface area contributed by atoms with E-state index >= 15 is 0 Å². The molecular weight excluding hydrogens is 398 g/mol. The van der Waals surface area contributed by atoms with Crippen LogP contribution in [0.5, 0.6) is 0 Å². The van der Waals surface area contributed by atoms with Gasteiger partial charge in [-0.15, -0.1) is 0 Å². The number of hydrogen-bond acceptors (Lipinski definition) is 7. The zero-order chi connectivity index (χ0) is 22.8. The minimum atomic E-state index is -1.03. The Labute approximate surface area is 181 Å². The van der Waals surface area contributed by atoms with Crippen molar-refractivity contribution in [2.75, 3.05) is 19.1 Å². The first kappa shape index (κ1) is 20.9. The van der Waals surface area contributed by atoms with E-state index in [2.05, 4.69) is 18.2 Å². The van der Waals surface area contributed by atoms with Gasteiger partial charge in [-0.25, -0.2) is 19.5 Å². The van der Waals surface area contributed by atoms with Gasteiger partial charge in [-0.2, -0.15) is 0 Å². The Balaban J connectivity index is 1.78. The summed E-state index contributed by atoms with van der Waals surface area (Å²) < 4.78 is 4.77. The fourth-order valence-corrected chi connectivity index (χ4v) is 4.60. The van der Waals surface area contributed by atoms with Crippen molar-refractivity contribution in [3.05, 3.63) is 40.7 Å². The molecule has 0 aromatic heterocycles. The van der Waals surface area contributed by atoms with Gasteiger partial charge in [0.1, 0.15) is 6.04 Å². The molecule has 0 bridgehead atoms. The van der Waals surface area contributed by atoms with E-state index in [4.69, 9.17) is 9.73 Å². The Kier molecular flexibility index (Phi) is 4.79. The zero-order valence-corrected chi connectivity index (χ0v) is 18.8. The highest BCUT2D eigenvalue weighted by molar-refractivity contribution is 6.11. The highest BCUT2D eigenvalue weighted by atomic mass is 16.5. The Bertz CT molecular complexity index is 1040. The van der Waals surface area contributed by atoms with Crippen molar-refractivity contribution in [3.63, 3.8) is 0 Å². The Morgan fingerprint density at radius 2 is 1.68 bits per heavy atom. The fourth-order valence-electron chi connectivity index (χ4n) is 4.60. The van der Waals surface area contributed by atoms with Crippen LogP contribution in [0.1, 0.15) is 31.9 Å². The van der Waals surface area contributed by atoms with Crippen LogP contribution in [0.2, 0.25) is 0 Å². The number of fused-ring (bicyclic) bond motifs is 3. The molecule has 3 unspecified atom stereocenters. The molecule has 164 valence electrons. The van der Waals surface area contributed by atoms with Gasteiger partial charge in [0, 0.05) is 24.1 Å². The SMILES string of the molecule is COC(=O)C(C)N1C(=O)C2C(N=C3N(c4cc(C)cc(C)c4)C(C)=C(C)N32)N(C)C1=O. The summed E-state index contributed by atoms with van der Waals surface area (Å²) in [5, 5.41) is 0. The van der Waals surface area contributed by atoms with E-state index in [-0.39, 0.29) is 0 Å². The lowest BCUT2D eigenvalue weighted by Crippen LogP contribution is -2.67. The van der Waals surface area contributed by atoms with E-state index in [0.29, 0.717) is 5.96 Å². The number of carbonyl (C=O) groups is 3. The first-order chi connectivity index (χ1) is 14.6. The minimum Gasteiger partial charge on any atom is -0.467 e. The van der Waals surface area contributed by atoms with E-state index in [0.717, 1.165) is 33.1 Å². The van der Waals surface area contributed by atoms with Crippen molar-refractivity contribution >= 4 is 29.6 Å². The number of anilines is 1. The van der Waals surface area contributed by atoms with E-state index in [1.165, 1.54) is 18.9 Å². The normalized spacial score (nSPS) is 23.9. The van der Waals surface area contributed by atoms with Gasteiger partial charge < -0.3 is 9.64 Å². The maximum absolute atomic E-state index is 13.5. The number of imide groups is 1. The number of aryl methyl sites for hydroxylation is 2. The summed E-state index contributed by atoms with van der Waals surface area (Å²) in [7, 11) is 2.84. The van der Waals surface area contributed by atoms with Gasteiger partial charge in [0.05, 0.1) is 7.11 Å². The number of benzene rings is 1. The predicted octanol–water partition coefficient (Wildman–Crippen LogP) is 2.20. The molecular formula is C22H27N5O4. The number of allylic oxidation sites excluding steroid dienone is 2. The molecule has 0 radical (unpaired) electrons. The topological polar surface area (TPSA) is 85.8 Å². The van der Waals surface area contributed by atoms with Crippen molar-refractivity contribution in [1.82, 2.24) is 14.7 Å². The van der Waals surface area contributed by atoms with Crippen LogP contribution < -0.4 is 4.90 Å². The fraction of sp³-hybridized carbons (Fsp3) is 0.455. The Hall–Kier alpha value is -3.36. The molecule has 9 heteroatoms. The molecule has 1 saturated heterocycles. The first-order valence-electron chi connectivity index (χ1n) is 10.2. The van der Waals surface area contributed by atoms with Crippen LogP contribution in [-0.2, 0) is 14.3 Å². The molecule has 3 amide bonds. The second-order valence-corrected chi connectivity index (χ2v) is 8.31. The average Bonchev–Trinajstić information content (AvgIpc) is 3.20. The van der Waals surface area contributed by atoms with Crippen LogP contribution in [0.15, 0.2) is 34.6 Å². The Morgan fingerprint density at radius 3 is 2.26 bits per heavy atom. The zero-order valence-electron chi connectivity index (χ0n) is 18.8. The molecule has 0 saturated carbocycles. The number of ether oxygens (including phenoxy) is 1. The molecule has 3 aliphatic heterocycles. The average molecular weight is 425 g/mol. The van der Waals surface area contributed by atoms with Gasteiger partial charge in [-0.3, -0.25) is 14.6 Å². The number of esters is 1. The van der Waals surface area contributed by atoms with Crippen LogP contribution in [0.4, 0.5) is 10.5 Å². The number of aliphatic imine (C=N–C) groups is 1. The van der Waals surface area contributed by atoms with Crippen molar-refractivity contribution in [2.24, 2.45) is 4.99 Å². The van der Waals surface area contributed by atoms with Crippen LogP contribution in [-0.4, -0.2) is 71.0 Å². The molecule has 3 aliphatic rings. The lowest BCUT2D eigenvalue weighted by Gasteiger charge is -2.42. The van der Waals surface area contributed by atoms with Crippen LogP contribution in [0, 0.1) is 13.8 Å². The molecule has 4 rings (SSSR count). The van der Waals surface area contributed by atoms with Crippen molar-refractivity contribution in [3.8, 4) is 0 Å². The molecule has 31 heavy (non-hydrogen) atoms. The predicted molar refractivity (Wildman–Crippen MR) is 115 cm³/mol. The van der Waals surface area contributed by atoms with Crippen molar-refractivity contribution in [1.29, 1.82) is 0 Å². The largest absolute Gasteiger partial charge is 0.467 e. The van der Waals surface area contributed by atoms with E-state index in [9.17, 15) is 14.4 Å². The number of carbonyl (C=O) groups excluding carboxylic acids is 3. The number of methoxy groups -OCH3 is 1. The summed E-state index contributed by atoms with van der Waals surface area (Å²) in [6.07, 6.45) is -0.674. The van der Waals surface area contributed by atoms with E-state index in [1.54, 1.807) is 7.05 Å². The van der Waals surface area contributed by atoms with Crippen LogP contribution >= 0.6 is 0 Å². The summed E-state index contributed by atoms with van der Waals surface area (Å²) in [6.45, 7) is 9.49. The molecule has 0 N–H and O–H groups in total. The van der Waals surface area contributed by atoms with Gasteiger partial charge in [-0.05, 0) is 57.9 Å². The van der Waals surface area contributed by atoms with Crippen molar-refractivity contribution in [2.45, 2.75) is 52.9 Å². The Morgan fingerprint density at radius 1 is 1.06 bits per heavy atom. The maximum atomic E-state index is 13.5. The van der Waals surface area contributed by atoms with E-state index < -0.39 is 36.2 Å². The van der Waals surface area contributed by atoms with Gasteiger partial charge in [0.2, 0.25) is 5.96 Å². The smallest absolute Gasteiger partial charge is 0.329 e. The summed E-state index contributed by atoms with van der Waals surface area (Å²) in [4.78, 5) is 49.6. The second kappa shape index (κ2) is 7.11. The third kappa shape index (κ3) is 2.90.